The second kappa shape index (κ2) is 8.32. The highest BCUT2D eigenvalue weighted by molar-refractivity contribution is 5.57. The van der Waals surface area contributed by atoms with E-state index >= 15 is 0 Å². The third kappa shape index (κ3) is 5.51. The van der Waals surface area contributed by atoms with Gasteiger partial charge in [0.2, 0.25) is 0 Å². The smallest absolute Gasteiger partial charge is 0.174 e. The molecule has 0 heterocycles. The van der Waals surface area contributed by atoms with Crippen molar-refractivity contribution in [3.8, 4) is 11.8 Å². The van der Waals surface area contributed by atoms with E-state index in [-0.39, 0.29) is 6.61 Å². The van der Waals surface area contributed by atoms with Crippen molar-refractivity contribution in [2.45, 2.75) is 13.8 Å². The summed E-state index contributed by atoms with van der Waals surface area (Å²) < 4.78 is 5.35. The van der Waals surface area contributed by atoms with Gasteiger partial charge in [-0.2, -0.15) is 5.26 Å². The molecular weight excluding hydrogens is 224 g/mol. The predicted octanol–water partition coefficient (Wildman–Crippen LogP) is 2.85. The van der Waals surface area contributed by atoms with E-state index in [2.05, 4.69) is 25.2 Å². The van der Waals surface area contributed by atoms with Gasteiger partial charge in [-0.05, 0) is 18.5 Å². The van der Waals surface area contributed by atoms with Gasteiger partial charge < -0.3 is 10.1 Å². The van der Waals surface area contributed by atoms with Crippen LogP contribution in [0.3, 0.4) is 0 Å². The summed E-state index contributed by atoms with van der Waals surface area (Å²) in [5.74, 6) is 1.41. The molecule has 18 heavy (non-hydrogen) atoms. The van der Waals surface area contributed by atoms with Crippen molar-refractivity contribution in [1.82, 2.24) is 5.32 Å². The Hall–Kier alpha value is -1.79. The molecule has 1 aromatic carbocycles. The average molecular weight is 244 g/mol. The molecule has 1 N–H and O–H groups in total. The zero-order chi connectivity index (χ0) is 13.2. The molecule has 3 heteroatoms. The number of nitriles is 1. The van der Waals surface area contributed by atoms with E-state index in [9.17, 15) is 0 Å². The minimum absolute atomic E-state index is 0.0798. The lowest BCUT2D eigenvalue weighted by Gasteiger charge is -2.06. The van der Waals surface area contributed by atoms with Crippen LogP contribution in [0.25, 0.3) is 6.08 Å². The maximum Gasteiger partial charge on any atom is 0.174 e. The number of para-hydroxylation sites is 1. The quantitative estimate of drug-likeness (QED) is 0.750. The van der Waals surface area contributed by atoms with Gasteiger partial charge in [0.05, 0.1) is 0 Å². The molecule has 1 aromatic rings. The zero-order valence-corrected chi connectivity index (χ0v) is 11.0. The lowest BCUT2D eigenvalue weighted by molar-refractivity contribution is 0.367. The first-order chi connectivity index (χ1) is 8.74. The van der Waals surface area contributed by atoms with E-state index in [0.29, 0.717) is 5.92 Å². The fourth-order valence-electron chi connectivity index (χ4n) is 1.50. The standard InChI is InChI=1S/C15H20N2O/c1-13(2)12-17-10-5-7-14-6-3-4-8-15(14)18-11-9-16/h3-8,13,17H,10-12H2,1-2H3. The van der Waals surface area contributed by atoms with Gasteiger partial charge in [-0.1, -0.05) is 44.2 Å². The van der Waals surface area contributed by atoms with Crippen molar-refractivity contribution in [3.05, 3.63) is 35.9 Å². The van der Waals surface area contributed by atoms with Crippen LogP contribution in [0.1, 0.15) is 19.4 Å². The first-order valence-corrected chi connectivity index (χ1v) is 6.20. The van der Waals surface area contributed by atoms with Crippen LogP contribution in [0.2, 0.25) is 0 Å². The number of nitrogens with zero attached hydrogens (tertiary/aromatic N) is 1. The molecule has 0 aliphatic heterocycles. The average Bonchev–Trinajstić information content (AvgIpc) is 2.36. The van der Waals surface area contributed by atoms with Gasteiger partial charge in [-0.15, -0.1) is 0 Å². The molecule has 0 atom stereocenters. The van der Waals surface area contributed by atoms with E-state index in [0.717, 1.165) is 24.4 Å². The SMILES string of the molecule is CC(C)CNCC=Cc1ccccc1OCC#N. The van der Waals surface area contributed by atoms with E-state index in [1.54, 1.807) is 0 Å². The summed E-state index contributed by atoms with van der Waals surface area (Å²) in [7, 11) is 0. The number of rotatable bonds is 7. The largest absolute Gasteiger partial charge is 0.478 e. The summed E-state index contributed by atoms with van der Waals surface area (Å²) in [6, 6.07) is 9.69. The fourth-order valence-corrected chi connectivity index (χ4v) is 1.50. The van der Waals surface area contributed by atoms with Crippen LogP contribution in [0.4, 0.5) is 0 Å². The van der Waals surface area contributed by atoms with Gasteiger partial charge in [0.1, 0.15) is 11.8 Å². The van der Waals surface area contributed by atoms with Crippen molar-refractivity contribution in [2.24, 2.45) is 5.92 Å². The molecule has 0 bridgehead atoms. The lowest BCUT2D eigenvalue weighted by Crippen LogP contribution is -2.19. The second-order valence-electron chi connectivity index (χ2n) is 4.44. The second-order valence-corrected chi connectivity index (χ2v) is 4.44. The molecule has 0 aromatic heterocycles. The molecule has 0 radical (unpaired) electrons. The molecule has 3 nitrogen and oxygen atoms in total. The van der Waals surface area contributed by atoms with Crippen molar-refractivity contribution >= 4 is 6.08 Å². The van der Waals surface area contributed by atoms with Gasteiger partial charge in [-0.25, -0.2) is 0 Å². The van der Waals surface area contributed by atoms with Gasteiger partial charge >= 0.3 is 0 Å². The Kier molecular flexibility index (Phi) is 6.60. The normalized spacial score (nSPS) is 10.8. The Morgan fingerprint density at radius 1 is 1.39 bits per heavy atom. The third-order valence-electron chi connectivity index (χ3n) is 2.32. The number of benzene rings is 1. The lowest BCUT2D eigenvalue weighted by atomic mass is 10.2. The minimum Gasteiger partial charge on any atom is -0.478 e. The van der Waals surface area contributed by atoms with Crippen LogP contribution >= 0.6 is 0 Å². The summed E-state index contributed by atoms with van der Waals surface area (Å²) in [6.45, 7) is 6.29. The Bertz CT molecular complexity index is 419. The van der Waals surface area contributed by atoms with E-state index in [1.165, 1.54) is 0 Å². The maximum absolute atomic E-state index is 8.51. The molecule has 0 aliphatic carbocycles. The monoisotopic (exact) mass is 244 g/mol. The van der Waals surface area contributed by atoms with Crippen LogP contribution < -0.4 is 10.1 Å². The first-order valence-electron chi connectivity index (χ1n) is 6.20. The molecule has 96 valence electrons. The molecule has 0 spiro atoms. The van der Waals surface area contributed by atoms with Crippen LogP contribution in [-0.2, 0) is 0 Å². The third-order valence-corrected chi connectivity index (χ3v) is 2.32. The van der Waals surface area contributed by atoms with Crippen LogP contribution in [0.15, 0.2) is 30.3 Å². The minimum atomic E-state index is 0.0798. The molecule has 0 aliphatic rings. The van der Waals surface area contributed by atoms with Gasteiger partial charge in [0.15, 0.2) is 6.61 Å². The van der Waals surface area contributed by atoms with E-state index < -0.39 is 0 Å². The van der Waals surface area contributed by atoms with E-state index in [1.807, 2.05) is 36.4 Å². The first kappa shape index (κ1) is 14.3. The molecule has 0 fully saturated rings. The summed E-state index contributed by atoms with van der Waals surface area (Å²) >= 11 is 0. The molecule has 0 amide bonds. The topological polar surface area (TPSA) is 45.0 Å². The maximum atomic E-state index is 8.51. The fraction of sp³-hybridized carbons (Fsp3) is 0.400. The molecule has 0 saturated heterocycles. The van der Waals surface area contributed by atoms with Crippen LogP contribution in [-0.4, -0.2) is 19.7 Å². The van der Waals surface area contributed by atoms with Crippen molar-refractivity contribution in [1.29, 1.82) is 5.26 Å². The Labute approximate surface area is 109 Å². The zero-order valence-electron chi connectivity index (χ0n) is 11.0. The molecular formula is C15H20N2O. The summed E-state index contributed by atoms with van der Waals surface area (Å²) in [6.07, 6.45) is 4.08. The van der Waals surface area contributed by atoms with Crippen molar-refractivity contribution in [2.75, 3.05) is 19.7 Å². The Morgan fingerprint density at radius 2 is 2.17 bits per heavy atom. The Morgan fingerprint density at radius 3 is 2.89 bits per heavy atom. The van der Waals surface area contributed by atoms with Crippen LogP contribution in [0.5, 0.6) is 5.75 Å². The number of nitrogens with one attached hydrogen (secondary N) is 1. The molecule has 1 rings (SSSR count). The molecule has 0 unspecified atom stereocenters. The summed E-state index contributed by atoms with van der Waals surface area (Å²) in [5.41, 5.74) is 0.999. The number of hydrogen-bond acceptors (Lipinski definition) is 3. The van der Waals surface area contributed by atoms with Crippen molar-refractivity contribution in [3.63, 3.8) is 0 Å². The highest BCUT2D eigenvalue weighted by atomic mass is 16.5. The Balaban J connectivity index is 2.50. The predicted molar refractivity (Wildman–Crippen MR) is 74.3 cm³/mol. The van der Waals surface area contributed by atoms with Crippen LogP contribution in [0, 0.1) is 17.2 Å². The van der Waals surface area contributed by atoms with E-state index in [4.69, 9.17) is 10.00 Å². The van der Waals surface area contributed by atoms with Gasteiger partial charge in [0, 0.05) is 12.1 Å². The summed E-state index contributed by atoms with van der Waals surface area (Å²) in [4.78, 5) is 0. The highest BCUT2D eigenvalue weighted by Crippen LogP contribution is 2.19. The van der Waals surface area contributed by atoms with Gasteiger partial charge in [0.25, 0.3) is 0 Å². The van der Waals surface area contributed by atoms with Gasteiger partial charge in [-0.3, -0.25) is 0 Å². The number of hydrogen-bond donors (Lipinski definition) is 1. The highest BCUT2D eigenvalue weighted by Gasteiger charge is 1.98. The van der Waals surface area contributed by atoms with Crippen molar-refractivity contribution < 1.29 is 4.74 Å². The molecule has 0 saturated carbocycles. The number of ether oxygens (including phenoxy) is 1. The summed E-state index contributed by atoms with van der Waals surface area (Å²) in [5, 5.41) is 11.9.